The van der Waals surface area contributed by atoms with Crippen molar-refractivity contribution in [3.8, 4) is 0 Å². The minimum atomic E-state index is -0.753. The molecule has 4 atom stereocenters. The van der Waals surface area contributed by atoms with Crippen LogP contribution in [0.25, 0.3) is 0 Å². The molecule has 4 unspecified atom stereocenters. The average molecular weight is 541 g/mol. The van der Waals surface area contributed by atoms with Gasteiger partial charge in [0.15, 0.2) is 0 Å². The lowest BCUT2D eigenvalue weighted by molar-refractivity contribution is -0.140. The fraction of sp³-hybridized carbons (Fsp3) is 0.759. The molecule has 1 aliphatic heterocycles. The van der Waals surface area contributed by atoms with Crippen LogP contribution >= 0.6 is 0 Å². The van der Waals surface area contributed by atoms with Crippen LogP contribution in [0.15, 0.2) is 12.7 Å². The van der Waals surface area contributed by atoms with Gasteiger partial charge in [-0.2, -0.15) is 0 Å². The number of likely N-dealkylation sites (tertiary alicyclic amines) is 1. The van der Waals surface area contributed by atoms with Gasteiger partial charge in [0.05, 0.1) is 18.1 Å². The molecule has 0 bridgehead atoms. The molecule has 0 aromatic rings. The van der Waals surface area contributed by atoms with Gasteiger partial charge in [-0.05, 0) is 31.2 Å². The van der Waals surface area contributed by atoms with Crippen molar-refractivity contribution < 1.29 is 24.0 Å². The second-order valence-corrected chi connectivity index (χ2v) is 10.3. The third kappa shape index (κ3) is 17.8. The zero-order valence-electron chi connectivity index (χ0n) is 25.7. The first-order valence-corrected chi connectivity index (χ1v) is 13.9. The summed E-state index contributed by atoms with van der Waals surface area (Å²) < 4.78 is 0. The molecule has 0 aliphatic carbocycles. The normalized spacial score (nSPS) is 17.8. The monoisotopic (exact) mass is 540 g/mol. The minimum Gasteiger partial charge on any atom is -0.349 e. The Balaban J connectivity index is -0.000000679. The first-order valence-electron chi connectivity index (χ1n) is 13.9. The predicted molar refractivity (Wildman–Crippen MR) is 156 cm³/mol. The summed E-state index contributed by atoms with van der Waals surface area (Å²) in [6.45, 7) is 22.6. The van der Waals surface area contributed by atoms with E-state index in [4.69, 9.17) is 0 Å². The van der Waals surface area contributed by atoms with Crippen LogP contribution in [0.2, 0.25) is 0 Å². The first kappa shape index (κ1) is 40.0. The van der Waals surface area contributed by atoms with Crippen molar-refractivity contribution in [3.05, 3.63) is 12.7 Å². The van der Waals surface area contributed by atoms with E-state index >= 15 is 0 Å². The third-order valence-electron chi connectivity index (χ3n) is 5.49. The number of hydrogen-bond donors (Lipinski definition) is 3. The largest absolute Gasteiger partial charge is 0.349 e. The number of carbonyl (C=O) groups excluding carboxylic acids is 5. The molecule has 1 aliphatic rings. The standard InChI is InChI=1S/C17H29N3O3.C7H13NO2.C3H8.C2H6/c1-5-7-8-13(15(21)17(23)18-9-6-2)19-16(22)14-10-12(3)11-20(14)4;1-7(2,3)6(4-9)8-5-10;1-3-2;1-2/h6,12-14H,2,5,7-11H2,1,3-4H3,(H,18,23)(H,19,22);4-6H,1-3H3,(H,8,10);3H2,1-2H3;1-2H3. The van der Waals surface area contributed by atoms with Gasteiger partial charge in [0.2, 0.25) is 18.1 Å². The molecule has 3 amide bonds. The van der Waals surface area contributed by atoms with Gasteiger partial charge in [0.1, 0.15) is 6.29 Å². The number of Topliss-reactive ketones (excluding diaryl/α,β-unsaturated/α-hetero) is 1. The highest BCUT2D eigenvalue weighted by molar-refractivity contribution is 6.38. The van der Waals surface area contributed by atoms with Crippen LogP contribution in [-0.4, -0.2) is 73.5 Å². The highest BCUT2D eigenvalue weighted by Gasteiger charge is 2.35. The zero-order chi connectivity index (χ0) is 30.3. The number of hydrogen-bond acceptors (Lipinski definition) is 6. The van der Waals surface area contributed by atoms with Crippen LogP contribution in [0.3, 0.4) is 0 Å². The molecule has 1 fully saturated rings. The van der Waals surface area contributed by atoms with Crippen LogP contribution in [0.4, 0.5) is 0 Å². The number of nitrogens with zero attached hydrogens (tertiary/aromatic N) is 1. The van der Waals surface area contributed by atoms with Crippen LogP contribution < -0.4 is 16.0 Å². The minimum absolute atomic E-state index is 0.164. The quantitative estimate of drug-likeness (QED) is 0.197. The number of likely N-dealkylation sites (N-methyl/N-ethyl adjacent to an activating group) is 1. The highest BCUT2D eigenvalue weighted by atomic mass is 16.2. The van der Waals surface area contributed by atoms with Gasteiger partial charge in [-0.15, -0.1) is 6.58 Å². The van der Waals surface area contributed by atoms with E-state index in [-0.39, 0.29) is 30.0 Å². The highest BCUT2D eigenvalue weighted by Crippen LogP contribution is 2.21. The first-order chi connectivity index (χ1) is 17.8. The Kier molecular flexibility index (Phi) is 24.8. The molecule has 0 spiro atoms. The number of unbranched alkanes of at least 4 members (excludes halogenated alkanes) is 1. The van der Waals surface area contributed by atoms with Gasteiger partial charge in [0.25, 0.3) is 5.91 Å². The van der Waals surface area contributed by atoms with Crippen LogP contribution in [0.1, 0.15) is 94.4 Å². The van der Waals surface area contributed by atoms with E-state index in [1.165, 1.54) is 12.5 Å². The number of nitrogens with one attached hydrogen (secondary N) is 3. The van der Waals surface area contributed by atoms with E-state index in [0.717, 1.165) is 32.1 Å². The van der Waals surface area contributed by atoms with E-state index in [0.29, 0.717) is 18.7 Å². The van der Waals surface area contributed by atoms with E-state index in [2.05, 4.69) is 43.3 Å². The topological polar surface area (TPSA) is 125 Å². The van der Waals surface area contributed by atoms with Gasteiger partial charge in [-0.25, -0.2) is 0 Å². The fourth-order valence-electron chi connectivity index (χ4n) is 3.48. The maximum Gasteiger partial charge on any atom is 0.289 e. The fourth-order valence-corrected chi connectivity index (χ4v) is 3.48. The summed E-state index contributed by atoms with van der Waals surface area (Å²) in [6, 6.07) is -1.36. The van der Waals surface area contributed by atoms with E-state index in [1.54, 1.807) is 0 Å². The molecule has 0 saturated carbocycles. The van der Waals surface area contributed by atoms with Crippen molar-refractivity contribution in [2.24, 2.45) is 11.3 Å². The Morgan fingerprint density at radius 3 is 2.00 bits per heavy atom. The Morgan fingerprint density at radius 2 is 1.66 bits per heavy atom. The summed E-state index contributed by atoms with van der Waals surface area (Å²) in [4.78, 5) is 58.9. The molecule has 0 aromatic carbocycles. The van der Waals surface area contributed by atoms with Crippen LogP contribution in [0.5, 0.6) is 0 Å². The van der Waals surface area contributed by atoms with Crippen molar-refractivity contribution >= 4 is 30.3 Å². The Labute approximate surface area is 231 Å². The van der Waals surface area contributed by atoms with Crippen molar-refractivity contribution in [1.82, 2.24) is 20.9 Å². The van der Waals surface area contributed by atoms with Crippen LogP contribution in [0, 0.1) is 11.3 Å². The molecule has 38 heavy (non-hydrogen) atoms. The smallest absolute Gasteiger partial charge is 0.289 e. The molecule has 0 aromatic heterocycles. The second kappa shape index (κ2) is 23.6. The molecule has 3 N–H and O–H groups in total. The van der Waals surface area contributed by atoms with Crippen molar-refractivity contribution in [2.45, 2.75) is 113 Å². The number of amides is 3. The lowest BCUT2D eigenvalue weighted by Gasteiger charge is -2.24. The number of ketones is 1. The lowest BCUT2D eigenvalue weighted by Crippen LogP contribution is -2.51. The summed E-state index contributed by atoms with van der Waals surface area (Å²) in [6.07, 6.45) is 6.99. The number of carbonyl (C=O) groups is 5. The van der Waals surface area contributed by atoms with Crippen LogP contribution in [-0.2, 0) is 24.0 Å². The van der Waals surface area contributed by atoms with E-state index < -0.39 is 17.7 Å². The second-order valence-electron chi connectivity index (χ2n) is 10.3. The van der Waals surface area contributed by atoms with Crippen molar-refractivity contribution in [3.63, 3.8) is 0 Å². The molecule has 1 heterocycles. The van der Waals surface area contributed by atoms with E-state index in [1.807, 2.05) is 53.5 Å². The summed E-state index contributed by atoms with van der Waals surface area (Å²) in [5.41, 5.74) is -0.192. The molecular weight excluding hydrogens is 484 g/mol. The van der Waals surface area contributed by atoms with Gasteiger partial charge in [-0.1, -0.05) is 87.7 Å². The summed E-state index contributed by atoms with van der Waals surface area (Å²) >= 11 is 0. The van der Waals surface area contributed by atoms with Gasteiger partial charge in [-0.3, -0.25) is 24.1 Å². The lowest BCUT2D eigenvalue weighted by atomic mass is 9.88. The van der Waals surface area contributed by atoms with Gasteiger partial charge < -0.3 is 20.7 Å². The Bertz CT molecular complexity index is 691. The molecular formula is C29H56N4O5. The molecule has 9 heteroatoms. The number of rotatable bonds is 12. The predicted octanol–water partition coefficient (Wildman–Crippen LogP) is 3.66. The maximum absolute atomic E-state index is 12.5. The van der Waals surface area contributed by atoms with Gasteiger partial charge in [0, 0.05) is 13.1 Å². The van der Waals surface area contributed by atoms with E-state index in [9.17, 15) is 24.0 Å². The zero-order valence-corrected chi connectivity index (χ0v) is 25.7. The summed E-state index contributed by atoms with van der Waals surface area (Å²) in [7, 11) is 1.91. The maximum atomic E-state index is 12.5. The molecule has 9 nitrogen and oxygen atoms in total. The number of aldehydes is 1. The molecule has 1 saturated heterocycles. The van der Waals surface area contributed by atoms with Gasteiger partial charge >= 0.3 is 0 Å². The van der Waals surface area contributed by atoms with Crippen molar-refractivity contribution in [2.75, 3.05) is 20.1 Å². The summed E-state index contributed by atoms with van der Waals surface area (Å²) in [5, 5.41) is 7.69. The Morgan fingerprint density at radius 1 is 1.11 bits per heavy atom. The molecule has 1 rings (SSSR count). The molecule has 222 valence electrons. The third-order valence-corrected chi connectivity index (χ3v) is 5.49. The average Bonchev–Trinajstić information content (AvgIpc) is 3.22. The SMILES string of the molecule is C=CCNC(=O)C(=O)C(CCCC)NC(=O)C1CC(C)CN1C.CC.CC(C)(C)C(C=O)NC=O.CCC. The summed E-state index contributed by atoms with van der Waals surface area (Å²) in [5.74, 6) is -0.957. The Hall–Kier alpha value is -2.55. The van der Waals surface area contributed by atoms with Crippen molar-refractivity contribution in [1.29, 1.82) is 0 Å². The molecule has 0 radical (unpaired) electrons.